The van der Waals surface area contributed by atoms with Crippen LogP contribution in [0.1, 0.15) is 6.92 Å². The topological polar surface area (TPSA) is 73.2 Å². The lowest BCUT2D eigenvalue weighted by atomic mass is 10.1. The fourth-order valence-corrected chi connectivity index (χ4v) is 3.02. The van der Waals surface area contributed by atoms with E-state index in [0.717, 1.165) is 20.9 Å². The maximum absolute atomic E-state index is 12.3. The first-order valence-corrected chi connectivity index (χ1v) is 10.1. The molecule has 0 spiro atoms. The first kappa shape index (κ1) is 19.7. The summed E-state index contributed by atoms with van der Waals surface area (Å²) >= 11 is 1.63. The van der Waals surface area contributed by atoms with Crippen molar-refractivity contribution in [3.63, 3.8) is 0 Å². The molecule has 1 aromatic heterocycles. The Hall–Kier alpha value is -3.06. The number of carbonyl (C=O) groups excluding carboxylic acids is 1. The van der Waals surface area contributed by atoms with E-state index in [4.69, 9.17) is 4.74 Å². The predicted molar refractivity (Wildman–Crippen MR) is 112 cm³/mol. The SMILES string of the molecule is CCOc1ccc(-c2ccc(=O)n(CC(=O)Nc3ccc(SC)cc3)n2)cc1. The van der Waals surface area contributed by atoms with Crippen molar-refractivity contribution >= 4 is 23.4 Å². The third-order valence-electron chi connectivity index (χ3n) is 3.99. The molecule has 3 aromatic rings. The minimum Gasteiger partial charge on any atom is -0.494 e. The number of carbonyl (C=O) groups is 1. The van der Waals surface area contributed by atoms with Crippen LogP contribution < -0.4 is 15.6 Å². The first-order chi connectivity index (χ1) is 13.6. The van der Waals surface area contributed by atoms with Crippen molar-refractivity contribution in [3.05, 3.63) is 71.0 Å². The summed E-state index contributed by atoms with van der Waals surface area (Å²) in [6.07, 6.45) is 1.99. The van der Waals surface area contributed by atoms with Gasteiger partial charge in [0.25, 0.3) is 5.56 Å². The Labute approximate surface area is 167 Å². The number of thioether (sulfide) groups is 1. The van der Waals surface area contributed by atoms with Crippen LogP contribution >= 0.6 is 11.8 Å². The van der Waals surface area contributed by atoms with Crippen molar-refractivity contribution < 1.29 is 9.53 Å². The van der Waals surface area contributed by atoms with Gasteiger partial charge in [-0.25, -0.2) is 4.68 Å². The molecule has 144 valence electrons. The summed E-state index contributed by atoms with van der Waals surface area (Å²) in [6, 6.07) is 18.0. The molecule has 2 aromatic carbocycles. The van der Waals surface area contributed by atoms with Crippen molar-refractivity contribution in [3.8, 4) is 17.0 Å². The lowest BCUT2D eigenvalue weighted by Gasteiger charge is -2.09. The van der Waals surface area contributed by atoms with Gasteiger partial charge in [0.05, 0.1) is 12.3 Å². The van der Waals surface area contributed by atoms with Gasteiger partial charge in [-0.05, 0) is 67.8 Å². The fraction of sp³-hybridized carbons (Fsp3) is 0.190. The normalized spacial score (nSPS) is 10.5. The molecular formula is C21H21N3O3S. The molecule has 3 rings (SSSR count). The predicted octanol–water partition coefficient (Wildman–Crippen LogP) is 3.67. The average molecular weight is 395 g/mol. The fourth-order valence-electron chi connectivity index (χ4n) is 2.62. The molecule has 1 heterocycles. The summed E-state index contributed by atoms with van der Waals surface area (Å²) < 4.78 is 6.60. The second-order valence-corrected chi connectivity index (χ2v) is 6.83. The summed E-state index contributed by atoms with van der Waals surface area (Å²) in [5.41, 5.74) is 1.80. The van der Waals surface area contributed by atoms with Gasteiger partial charge >= 0.3 is 0 Å². The molecule has 0 saturated carbocycles. The van der Waals surface area contributed by atoms with E-state index in [9.17, 15) is 9.59 Å². The standard InChI is InChI=1S/C21H21N3O3S/c1-3-27-17-8-4-15(5-9-17)19-12-13-21(26)24(23-19)14-20(25)22-16-6-10-18(28-2)11-7-16/h4-13H,3,14H2,1-2H3,(H,22,25). The monoisotopic (exact) mass is 395 g/mol. The molecule has 0 unspecified atom stereocenters. The van der Waals surface area contributed by atoms with E-state index in [-0.39, 0.29) is 18.0 Å². The van der Waals surface area contributed by atoms with Crippen molar-refractivity contribution in [2.45, 2.75) is 18.4 Å². The summed E-state index contributed by atoms with van der Waals surface area (Å²) in [7, 11) is 0. The Morgan fingerprint density at radius 1 is 1.07 bits per heavy atom. The van der Waals surface area contributed by atoms with Crippen molar-refractivity contribution in [2.75, 3.05) is 18.2 Å². The van der Waals surface area contributed by atoms with Gasteiger partial charge < -0.3 is 10.1 Å². The molecular weight excluding hydrogens is 374 g/mol. The summed E-state index contributed by atoms with van der Waals surface area (Å²) in [6.45, 7) is 2.36. The Morgan fingerprint density at radius 2 is 1.79 bits per heavy atom. The molecule has 0 atom stereocenters. The van der Waals surface area contributed by atoms with Crippen molar-refractivity contribution in [2.24, 2.45) is 0 Å². The number of hydrogen-bond acceptors (Lipinski definition) is 5. The third kappa shape index (κ3) is 5.01. The van der Waals surface area contributed by atoms with E-state index in [0.29, 0.717) is 18.0 Å². The van der Waals surface area contributed by atoms with Gasteiger partial charge in [0.15, 0.2) is 0 Å². The van der Waals surface area contributed by atoms with Gasteiger partial charge in [0.1, 0.15) is 12.3 Å². The quantitative estimate of drug-likeness (QED) is 0.618. The number of aromatic nitrogens is 2. The number of rotatable bonds is 7. The highest BCUT2D eigenvalue weighted by Crippen LogP contribution is 2.20. The maximum Gasteiger partial charge on any atom is 0.267 e. The van der Waals surface area contributed by atoms with Crippen LogP contribution in [0.4, 0.5) is 5.69 Å². The van der Waals surface area contributed by atoms with Gasteiger partial charge in [0, 0.05) is 22.2 Å². The molecule has 1 N–H and O–H groups in total. The average Bonchev–Trinajstić information content (AvgIpc) is 2.71. The minimum absolute atomic E-state index is 0.159. The van der Waals surface area contributed by atoms with Crippen LogP contribution in [0.25, 0.3) is 11.3 Å². The van der Waals surface area contributed by atoms with Crippen LogP contribution in [-0.4, -0.2) is 28.6 Å². The van der Waals surface area contributed by atoms with E-state index >= 15 is 0 Å². The number of benzene rings is 2. The number of anilines is 1. The summed E-state index contributed by atoms with van der Waals surface area (Å²) in [4.78, 5) is 25.5. The summed E-state index contributed by atoms with van der Waals surface area (Å²) in [5, 5.41) is 7.11. The zero-order valence-corrected chi connectivity index (χ0v) is 16.5. The minimum atomic E-state index is -0.331. The van der Waals surface area contributed by atoms with Crippen LogP contribution in [-0.2, 0) is 11.3 Å². The van der Waals surface area contributed by atoms with E-state index in [1.54, 1.807) is 17.8 Å². The number of nitrogens with one attached hydrogen (secondary N) is 1. The molecule has 0 radical (unpaired) electrons. The largest absolute Gasteiger partial charge is 0.494 e. The highest BCUT2D eigenvalue weighted by Gasteiger charge is 2.09. The van der Waals surface area contributed by atoms with E-state index in [1.165, 1.54) is 6.07 Å². The summed E-state index contributed by atoms with van der Waals surface area (Å²) in [5.74, 6) is 0.460. The lowest BCUT2D eigenvalue weighted by molar-refractivity contribution is -0.117. The second kappa shape index (κ2) is 9.23. The Kier molecular flexibility index (Phi) is 6.49. The van der Waals surface area contributed by atoms with Crippen molar-refractivity contribution in [1.82, 2.24) is 9.78 Å². The molecule has 0 aliphatic carbocycles. The molecule has 28 heavy (non-hydrogen) atoms. The number of ether oxygens (including phenoxy) is 1. The molecule has 0 aliphatic rings. The Morgan fingerprint density at radius 3 is 2.43 bits per heavy atom. The molecule has 0 fully saturated rings. The highest BCUT2D eigenvalue weighted by molar-refractivity contribution is 7.98. The molecule has 1 amide bonds. The number of nitrogens with zero attached hydrogens (tertiary/aromatic N) is 2. The lowest BCUT2D eigenvalue weighted by Crippen LogP contribution is -2.29. The second-order valence-electron chi connectivity index (χ2n) is 5.95. The molecule has 0 aliphatic heterocycles. The van der Waals surface area contributed by atoms with Crippen molar-refractivity contribution in [1.29, 1.82) is 0 Å². The van der Waals surface area contributed by atoms with Gasteiger partial charge in [-0.1, -0.05) is 0 Å². The van der Waals surface area contributed by atoms with E-state index in [2.05, 4.69) is 10.4 Å². The molecule has 7 heteroatoms. The zero-order chi connectivity index (χ0) is 19.9. The Bertz CT molecular complexity index is 999. The Balaban J connectivity index is 1.73. The van der Waals surface area contributed by atoms with Gasteiger partial charge in [-0.2, -0.15) is 5.10 Å². The maximum atomic E-state index is 12.3. The van der Waals surface area contributed by atoms with Crippen LogP contribution in [0.3, 0.4) is 0 Å². The smallest absolute Gasteiger partial charge is 0.267 e. The molecule has 0 saturated heterocycles. The van der Waals surface area contributed by atoms with Crippen LogP contribution in [0.15, 0.2) is 70.4 Å². The molecule has 0 bridgehead atoms. The molecule has 6 nitrogen and oxygen atoms in total. The number of amides is 1. The van der Waals surface area contributed by atoms with E-state index < -0.39 is 0 Å². The van der Waals surface area contributed by atoms with Crippen LogP contribution in [0.5, 0.6) is 5.75 Å². The van der Waals surface area contributed by atoms with Gasteiger partial charge in [0.2, 0.25) is 5.91 Å². The van der Waals surface area contributed by atoms with Crippen LogP contribution in [0.2, 0.25) is 0 Å². The third-order valence-corrected chi connectivity index (χ3v) is 4.74. The van der Waals surface area contributed by atoms with Crippen LogP contribution in [0, 0.1) is 0 Å². The first-order valence-electron chi connectivity index (χ1n) is 8.84. The van der Waals surface area contributed by atoms with E-state index in [1.807, 2.05) is 61.7 Å². The van der Waals surface area contributed by atoms with Gasteiger partial charge in [-0.3, -0.25) is 9.59 Å². The highest BCUT2D eigenvalue weighted by atomic mass is 32.2. The zero-order valence-electron chi connectivity index (χ0n) is 15.7. The van der Waals surface area contributed by atoms with Gasteiger partial charge in [-0.15, -0.1) is 11.8 Å². The number of hydrogen-bond donors (Lipinski definition) is 1.